The topological polar surface area (TPSA) is 50.5 Å². The first-order chi connectivity index (χ1) is 14.0. The number of furan rings is 1. The molecule has 29 heavy (non-hydrogen) atoms. The van der Waals surface area contributed by atoms with Crippen molar-refractivity contribution in [1.29, 1.82) is 0 Å². The predicted octanol–water partition coefficient (Wildman–Crippen LogP) is 5.77. The number of hydrogen-bond acceptors (Lipinski definition) is 4. The molecule has 6 heteroatoms. The van der Waals surface area contributed by atoms with Gasteiger partial charge in [-0.1, -0.05) is 41.9 Å². The number of aryl methyl sites for hydroxylation is 2. The Morgan fingerprint density at radius 1 is 0.966 bits per heavy atom. The highest BCUT2D eigenvalue weighted by Gasteiger charge is 2.41. The van der Waals surface area contributed by atoms with Gasteiger partial charge in [-0.2, -0.15) is 0 Å². The van der Waals surface area contributed by atoms with Crippen molar-refractivity contribution in [2.75, 3.05) is 4.90 Å². The lowest BCUT2D eigenvalue weighted by molar-refractivity contribution is -0.119. The van der Waals surface area contributed by atoms with E-state index in [4.69, 9.17) is 16.0 Å². The molecule has 1 aromatic heterocycles. The van der Waals surface area contributed by atoms with Crippen molar-refractivity contribution in [2.45, 2.75) is 19.6 Å². The first kappa shape index (κ1) is 19.6. The van der Waals surface area contributed by atoms with Crippen molar-refractivity contribution >= 4 is 46.4 Å². The summed E-state index contributed by atoms with van der Waals surface area (Å²) in [6, 6.07) is 16.3. The van der Waals surface area contributed by atoms with Crippen LogP contribution in [-0.4, -0.2) is 11.8 Å². The number of hydrogen-bond donors (Lipinski definition) is 0. The molecule has 0 N–H and O–H groups in total. The Hall–Kier alpha value is -2.76. The maximum Gasteiger partial charge on any atom is 0.272 e. The molecule has 2 heterocycles. The van der Waals surface area contributed by atoms with Crippen LogP contribution in [0.25, 0.3) is 5.57 Å². The van der Waals surface area contributed by atoms with Crippen LogP contribution in [0.4, 0.5) is 5.69 Å². The van der Waals surface area contributed by atoms with Gasteiger partial charge in [-0.25, -0.2) is 4.90 Å². The number of para-hydroxylation sites is 1. The van der Waals surface area contributed by atoms with Crippen LogP contribution in [0.2, 0.25) is 5.02 Å². The molecule has 0 saturated heterocycles. The van der Waals surface area contributed by atoms with Crippen molar-refractivity contribution < 1.29 is 14.0 Å². The van der Waals surface area contributed by atoms with Crippen molar-refractivity contribution in [3.05, 3.63) is 93.2 Å². The molecule has 0 unspecified atom stereocenters. The molecule has 0 bridgehead atoms. The minimum absolute atomic E-state index is 0.353. The van der Waals surface area contributed by atoms with Crippen molar-refractivity contribution in [3.8, 4) is 0 Å². The summed E-state index contributed by atoms with van der Waals surface area (Å²) in [4.78, 5) is 28.3. The molecule has 0 fully saturated rings. The normalized spacial score (nSPS) is 14.2. The summed E-state index contributed by atoms with van der Waals surface area (Å²) in [5, 5.41) is 0.353. The number of carbonyl (C=O) groups is 2. The third-order valence-electron chi connectivity index (χ3n) is 4.87. The monoisotopic (exact) mass is 423 g/mol. The average Bonchev–Trinajstić information content (AvgIpc) is 3.30. The lowest BCUT2D eigenvalue weighted by Crippen LogP contribution is -2.31. The second-order valence-corrected chi connectivity index (χ2v) is 8.16. The van der Waals surface area contributed by atoms with E-state index in [-0.39, 0.29) is 11.8 Å². The fraction of sp³-hybridized carbons (Fsp3) is 0.130. The maximum absolute atomic E-state index is 13.4. The molecule has 1 aliphatic heterocycles. The van der Waals surface area contributed by atoms with Crippen LogP contribution >= 0.6 is 23.4 Å². The van der Waals surface area contributed by atoms with E-state index in [9.17, 15) is 9.59 Å². The van der Waals surface area contributed by atoms with E-state index in [0.717, 1.165) is 27.4 Å². The van der Waals surface area contributed by atoms with Crippen molar-refractivity contribution in [2.24, 2.45) is 0 Å². The summed E-state index contributed by atoms with van der Waals surface area (Å²) in [6.45, 7) is 4.00. The molecule has 0 aliphatic carbocycles. The molecule has 4 rings (SSSR count). The van der Waals surface area contributed by atoms with Gasteiger partial charge in [-0.15, -0.1) is 11.8 Å². The standard InChI is InChI=1S/C23H18ClNO3S/c1-14-9-10-16(12-15(14)2)20-21(29-13-17-6-5-11-28-17)23(27)25(22(20)26)19-8-4-3-7-18(19)24/h3-12H,13H2,1-2H3. The number of amides is 2. The van der Waals surface area contributed by atoms with Gasteiger partial charge in [0.1, 0.15) is 5.76 Å². The third kappa shape index (κ3) is 3.63. The molecule has 0 radical (unpaired) electrons. The Morgan fingerprint density at radius 2 is 1.76 bits per heavy atom. The zero-order valence-electron chi connectivity index (χ0n) is 15.9. The van der Waals surface area contributed by atoms with Crippen molar-refractivity contribution in [1.82, 2.24) is 0 Å². The van der Waals surface area contributed by atoms with Gasteiger partial charge in [0.15, 0.2) is 0 Å². The van der Waals surface area contributed by atoms with E-state index < -0.39 is 0 Å². The van der Waals surface area contributed by atoms with E-state index in [2.05, 4.69) is 0 Å². The van der Waals surface area contributed by atoms with Gasteiger partial charge in [0, 0.05) is 0 Å². The third-order valence-corrected chi connectivity index (χ3v) is 6.29. The van der Waals surface area contributed by atoms with Crippen LogP contribution in [0, 0.1) is 13.8 Å². The molecule has 2 amide bonds. The molecular formula is C23H18ClNO3S. The van der Waals surface area contributed by atoms with Crippen LogP contribution in [0.1, 0.15) is 22.5 Å². The molecule has 0 spiro atoms. The van der Waals surface area contributed by atoms with E-state index in [1.54, 1.807) is 36.6 Å². The summed E-state index contributed by atoms with van der Waals surface area (Å²) in [5.74, 6) is 0.450. The quantitative estimate of drug-likeness (QED) is 0.489. The second-order valence-electron chi connectivity index (χ2n) is 6.77. The number of thioether (sulfide) groups is 1. The lowest BCUT2D eigenvalue weighted by atomic mass is 10.0. The Balaban J connectivity index is 1.80. The molecule has 2 aromatic carbocycles. The minimum atomic E-state index is -0.368. The summed E-state index contributed by atoms with van der Waals surface area (Å²) in [7, 11) is 0. The SMILES string of the molecule is Cc1ccc(C2=C(SCc3ccco3)C(=O)N(c3ccccc3Cl)C2=O)cc1C. The second kappa shape index (κ2) is 7.93. The van der Waals surface area contributed by atoms with Crippen LogP contribution in [-0.2, 0) is 15.3 Å². The van der Waals surface area contributed by atoms with Gasteiger partial charge in [0.2, 0.25) is 0 Å². The lowest BCUT2D eigenvalue weighted by Gasteiger charge is -2.16. The highest BCUT2D eigenvalue weighted by molar-refractivity contribution is 8.03. The van der Waals surface area contributed by atoms with E-state index >= 15 is 0 Å². The Morgan fingerprint density at radius 3 is 2.45 bits per heavy atom. The fourth-order valence-corrected chi connectivity index (χ4v) is 4.42. The number of carbonyl (C=O) groups excluding carboxylic acids is 2. The minimum Gasteiger partial charge on any atom is -0.468 e. The summed E-state index contributed by atoms with van der Waals surface area (Å²) >= 11 is 7.60. The molecule has 1 aliphatic rings. The number of halogens is 1. The molecule has 0 saturated carbocycles. The number of imide groups is 1. The van der Waals surface area contributed by atoms with Gasteiger partial charge in [0.05, 0.1) is 33.2 Å². The van der Waals surface area contributed by atoms with Gasteiger partial charge < -0.3 is 4.42 Å². The van der Waals surface area contributed by atoms with E-state index in [1.165, 1.54) is 11.8 Å². The number of rotatable bonds is 5. The van der Waals surface area contributed by atoms with E-state index in [0.29, 0.717) is 26.9 Å². The predicted molar refractivity (Wildman–Crippen MR) is 117 cm³/mol. The van der Waals surface area contributed by atoms with Gasteiger partial charge in [0.25, 0.3) is 11.8 Å². The van der Waals surface area contributed by atoms with Crippen LogP contribution in [0.5, 0.6) is 0 Å². The van der Waals surface area contributed by atoms with Crippen LogP contribution < -0.4 is 4.90 Å². The molecule has 146 valence electrons. The molecule has 0 atom stereocenters. The first-order valence-corrected chi connectivity index (χ1v) is 10.4. The first-order valence-electron chi connectivity index (χ1n) is 9.07. The maximum atomic E-state index is 13.4. The number of anilines is 1. The Bertz CT molecular complexity index is 1130. The molecule has 4 nitrogen and oxygen atoms in total. The smallest absolute Gasteiger partial charge is 0.272 e. The summed E-state index contributed by atoms with van der Waals surface area (Å²) in [5.41, 5.74) is 3.69. The fourth-order valence-electron chi connectivity index (χ4n) is 3.18. The summed E-state index contributed by atoms with van der Waals surface area (Å²) in [6.07, 6.45) is 1.59. The average molecular weight is 424 g/mol. The van der Waals surface area contributed by atoms with Gasteiger partial charge in [-0.3, -0.25) is 9.59 Å². The molecular weight excluding hydrogens is 406 g/mol. The Labute approximate surface area is 178 Å². The number of nitrogens with zero attached hydrogens (tertiary/aromatic N) is 1. The van der Waals surface area contributed by atoms with Crippen LogP contribution in [0.15, 0.2) is 70.2 Å². The zero-order chi connectivity index (χ0) is 20.5. The summed E-state index contributed by atoms with van der Waals surface area (Å²) < 4.78 is 5.39. The van der Waals surface area contributed by atoms with Crippen LogP contribution in [0.3, 0.4) is 0 Å². The highest BCUT2D eigenvalue weighted by atomic mass is 35.5. The highest BCUT2D eigenvalue weighted by Crippen LogP contribution is 2.41. The molecule has 3 aromatic rings. The zero-order valence-corrected chi connectivity index (χ0v) is 17.5. The van der Waals surface area contributed by atoms with Crippen molar-refractivity contribution in [3.63, 3.8) is 0 Å². The largest absolute Gasteiger partial charge is 0.468 e. The van der Waals surface area contributed by atoms with Gasteiger partial charge >= 0.3 is 0 Å². The van der Waals surface area contributed by atoms with Gasteiger partial charge in [-0.05, 0) is 54.8 Å². The Kier molecular flexibility index (Phi) is 5.35. The number of benzene rings is 2. The van der Waals surface area contributed by atoms with E-state index in [1.807, 2.05) is 38.1 Å².